The summed E-state index contributed by atoms with van der Waals surface area (Å²) in [5, 5.41) is 7.60. The van der Waals surface area contributed by atoms with Gasteiger partial charge in [-0.3, -0.25) is 9.48 Å². The number of carbonyl (C=O) groups is 1. The van der Waals surface area contributed by atoms with Crippen molar-refractivity contribution < 1.29 is 4.79 Å². The Kier molecular flexibility index (Phi) is 6.37. The number of aromatic nitrogens is 2. The van der Waals surface area contributed by atoms with Gasteiger partial charge in [0.15, 0.2) is 0 Å². The Morgan fingerprint density at radius 1 is 1.00 bits per heavy atom. The van der Waals surface area contributed by atoms with Gasteiger partial charge in [-0.25, -0.2) is 0 Å². The van der Waals surface area contributed by atoms with Crippen molar-refractivity contribution in [3.63, 3.8) is 0 Å². The summed E-state index contributed by atoms with van der Waals surface area (Å²) in [6.45, 7) is 9.43. The predicted molar refractivity (Wildman–Crippen MR) is 125 cm³/mol. The van der Waals surface area contributed by atoms with E-state index < -0.39 is 0 Å². The van der Waals surface area contributed by atoms with Gasteiger partial charge in [0.1, 0.15) is 0 Å². The minimum Gasteiger partial charge on any atom is -0.369 e. The van der Waals surface area contributed by atoms with E-state index >= 15 is 0 Å². The van der Waals surface area contributed by atoms with Crippen LogP contribution in [0.15, 0.2) is 54.6 Å². The number of anilines is 1. The Morgan fingerprint density at radius 2 is 1.71 bits per heavy atom. The van der Waals surface area contributed by atoms with Gasteiger partial charge in [-0.1, -0.05) is 30.3 Å². The Balaban J connectivity index is 1.37. The molecule has 1 amide bonds. The normalized spacial score (nSPS) is 14.6. The Bertz CT molecular complexity index is 1030. The number of benzene rings is 2. The molecule has 1 aliphatic rings. The van der Waals surface area contributed by atoms with Crippen molar-refractivity contribution in [1.82, 2.24) is 20.0 Å². The first-order valence-corrected chi connectivity index (χ1v) is 10.9. The lowest BCUT2D eigenvalue weighted by molar-refractivity contribution is 0.0951. The highest BCUT2D eigenvalue weighted by molar-refractivity contribution is 5.94. The van der Waals surface area contributed by atoms with Crippen molar-refractivity contribution in [2.24, 2.45) is 0 Å². The SMILES string of the molecule is Cc1cc(C)n(Cc2ccc(C(=O)NCc3ccccc3N3CCN(C)CC3)cc2)n1. The molecule has 6 heteroatoms. The monoisotopic (exact) mass is 417 g/mol. The van der Waals surface area contributed by atoms with Gasteiger partial charge >= 0.3 is 0 Å². The lowest BCUT2D eigenvalue weighted by Crippen LogP contribution is -2.45. The maximum absolute atomic E-state index is 12.7. The van der Waals surface area contributed by atoms with E-state index in [0.29, 0.717) is 18.7 Å². The smallest absolute Gasteiger partial charge is 0.251 e. The van der Waals surface area contributed by atoms with E-state index in [4.69, 9.17) is 0 Å². The zero-order chi connectivity index (χ0) is 21.8. The number of hydrogen-bond acceptors (Lipinski definition) is 4. The number of piperazine rings is 1. The zero-order valence-electron chi connectivity index (χ0n) is 18.6. The highest BCUT2D eigenvalue weighted by Crippen LogP contribution is 2.21. The van der Waals surface area contributed by atoms with Crippen LogP contribution in [0, 0.1) is 13.8 Å². The van der Waals surface area contributed by atoms with Gasteiger partial charge in [0, 0.05) is 49.7 Å². The summed E-state index contributed by atoms with van der Waals surface area (Å²) < 4.78 is 1.99. The number of hydrogen-bond donors (Lipinski definition) is 1. The van der Waals surface area contributed by atoms with Crippen LogP contribution >= 0.6 is 0 Å². The topological polar surface area (TPSA) is 53.4 Å². The standard InChI is InChI=1S/C25H31N5O/c1-19-16-20(2)30(27-19)18-21-8-10-22(11-9-21)25(31)26-17-23-6-4-5-7-24(23)29-14-12-28(3)13-15-29/h4-11,16H,12-15,17-18H2,1-3H3,(H,26,31). The maximum Gasteiger partial charge on any atom is 0.251 e. The second kappa shape index (κ2) is 9.35. The molecule has 0 aliphatic carbocycles. The highest BCUT2D eigenvalue weighted by atomic mass is 16.1. The van der Waals surface area contributed by atoms with Gasteiger partial charge in [-0.15, -0.1) is 0 Å². The van der Waals surface area contributed by atoms with E-state index in [9.17, 15) is 4.79 Å². The van der Waals surface area contributed by atoms with Crippen LogP contribution in [0.2, 0.25) is 0 Å². The molecule has 0 saturated carbocycles. The Morgan fingerprint density at radius 3 is 2.39 bits per heavy atom. The molecule has 3 aromatic rings. The summed E-state index contributed by atoms with van der Waals surface area (Å²) in [5.74, 6) is -0.0501. The first-order chi connectivity index (χ1) is 15.0. The van der Waals surface area contributed by atoms with Gasteiger partial charge in [-0.2, -0.15) is 5.10 Å². The van der Waals surface area contributed by atoms with Crippen LogP contribution in [0.5, 0.6) is 0 Å². The van der Waals surface area contributed by atoms with Crippen LogP contribution in [0.3, 0.4) is 0 Å². The molecule has 1 saturated heterocycles. The number of amides is 1. The quantitative estimate of drug-likeness (QED) is 0.669. The van der Waals surface area contributed by atoms with Gasteiger partial charge in [-0.05, 0) is 56.3 Å². The fourth-order valence-corrected chi connectivity index (χ4v) is 4.06. The molecule has 162 valence electrons. The van der Waals surface area contributed by atoms with Crippen molar-refractivity contribution in [3.05, 3.63) is 82.7 Å². The third-order valence-electron chi connectivity index (χ3n) is 5.93. The van der Waals surface area contributed by atoms with E-state index in [1.54, 1.807) is 0 Å². The van der Waals surface area contributed by atoms with Crippen LogP contribution in [-0.2, 0) is 13.1 Å². The molecule has 6 nitrogen and oxygen atoms in total. The van der Waals surface area contributed by atoms with Gasteiger partial charge in [0.2, 0.25) is 0 Å². The number of carbonyl (C=O) groups excluding carboxylic acids is 1. The van der Waals surface area contributed by atoms with Crippen LogP contribution in [0.4, 0.5) is 5.69 Å². The van der Waals surface area contributed by atoms with E-state index in [2.05, 4.69) is 58.5 Å². The Labute approximate surface area is 184 Å². The van der Waals surface area contributed by atoms with Crippen LogP contribution in [0.25, 0.3) is 0 Å². The molecule has 1 aliphatic heterocycles. The number of rotatable bonds is 6. The molecule has 2 aromatic carbocycles. The van der Waals surface area contributed by atoms with E-state index in [0.717, 1.165) is 48.7 Å². The van der Waals surface area contributed by atoms with Crippen LogP contribution in [-0.4, -0.2) is 53.8 Å². The zero-order valence-corrected chi connectivity index (χ0v) is 18.6. The molecule has 0 bridgehead atoms. The molecule has 0 radical (unpaired) electrons. The number of para-hydroxylation sites is 1. The largest absolute Gasteiger partial charge is 0.369 e. The number of aryl methyl sites for hydroxylation is 2. The summed E-state index contributed by atoms with van der Waals surface area (Å²) in [5.41, 5.74) is 6.33. The molecule has 0 unspecified atom stereocenters. The van der Waals surface area contributed by atoms with Gasteiger partial charge in [0.05, 0.1) is 12.2 Å². The predicted octanol–water partition coefficient (Wildman–Crippen LogP) is 3.23. The van der Waals surface area contributed by atoms with E-state index in [1.165, 1.54) is 5.69 Å². The van der Waals surface area contributed by atoms with E-state index in [-0.39, 0.29) is 5.91 Å². The minimum absolute atomic E-state index is 0.0501. The summed E-state index contributed by atoms with van der Waals surface area (Å²) in [4.78, 5) is 17.5. The van der Waals surface area contributed by atoms with Crippen molar-refractivity contribution in [2.45, 2.75) is 26.9 Å². The third-order valence-corrected chi connectivity index (χ3v) is 5.93. The third kappa shape index (κ3) is 5.14. The second-order valence-corrected chi connectivity index (χ2v) is 8.38. The Hall–Kier alpha value is -3.12. The lowest BCUT2D eigenvalue weighted by Gasteiger charge is -2.35. The molecular weight excluding hydrogens is 386 g/mol. The molecule has 4 rings (SSSR count). The minimum atomic E-state index is -0.0501. The number of nitrogens with one attached hydrogen (secondary N) is 1. The van der Waals surface area contributed by atoms with Crippen molar-refractivity contribution in [2.75, 3.05) is 38.1 Å². The van der Waals surface area contributed by atoms with E-state index in [1.807, 2.05) is 41.9 Å². The molecule has 31 heavy (non-hydrogen) atoms. The fraction of sp³-hybridized carbons (Fsp3) is 0.360. The molecule has 0 atom stereocenters. The van der Waals surface area contributed by atoms with Crippen molar-refractivity contribution >= 4 is 11.6 Å². The van der Waals surface area contributed by atoms with Crippen LogP contribution < -0.4 is 10.2 Å². The first kappa shape index (κ1) is 21.1. The summed E-state index contributed by atoms with van der Waals surface area (Å²) in [6, 6.07) is 18.2. The summed E-state index contributed by atoms with van der Waals surface area (Å²) in [7, 11) is 2.16. The summed E-state index contributed by atoms with van der Waals surface area (Å²) in [6.07, 6.45) is 0. The molecule has 2 heterocycles. The second-order valence-electron chi connectivity index (χ2n) is 8.38. The lowest BCUT2D eigenvalue weighted by atomic mass is 10.1. The highest BCUT2D eigenvalue weighted by Gasteiger charge is 2.17. The number of nitrogens with zero attached hydrogens (tertiary/aromatic N) is 4. The van der Waals surface area contributed by atoms with Crippen LogP contribution in [0.1, 0.15) is 32.9 Å². The van der Waals surface area contributed by atoms with Crippen molar-refractivity contribution in [1.29, 1.82) is 0 Å². The molecule has 0 spiro atoms. The molecule has 1 N–H and O–H groups in total. The fourth-order valence-electron chi connectivity index (χ4n) is 4.06. The van der Waals surface area contributed by atoms with Crippen molar-refractivity contribution in [3.8, 4) is 0 Å². The van der Waals surface area contributed by atoms with Gasteiger partial charge < -0.3 is 15.1 Å². The molecule has 1 aromatic heterocycles. The average molecular weight is 418 g/mol. The number of likely N-dealkylation sites (N-methyl/N-ethyl adjacent to an activating group) is 1. The molecular formula is C25H31N5O. The maximum atomic E-state index is 12.7. The average Bonchev–Trinajstić information content (AvgIpc) is 3.10. The summed E-state index contributed by atoms with van der Waals surface area (Å²) >= 11 is 0. The molecule has 1 fully saturated rings. The first-order valence-electron chi connectivity index (χ1n) is 10.9. The van der Waals surface area contributed by atoms with Gasteiger partial charge in [0.25, 0.3) is 5.91 Å².